The third-order valence-corrected chi connectivity index (χ3v) is 3.60. The molecule has 2 N–H and O–H groups in total. The van der Waals surface area contributed by atoms with Gasteiger partial charge in [0.1, 0.15) is 11.6 Å². The van der Waals surface area contributed by atoms with E-state index in [0.29, 0.717) is 22.3 Å². The summed E-state index contributed by atoms with van der Waals surface area (Å²) in [6, 6.07) is 6.64. The molecule has 5 heteroatoms. The second kappa shape index (κ2) is 4.03. The van der Waals surface area contributed by atoms with Crippen molar-refractivity contribution in [2.24, 2.45) is 0 Å². The summed E-state index contributed by atoms with van der Waals surface area (Å²) in [5.41, 5.74) is 0.332. The Morgan fingerprint density at radius 3 is 2.90 bits per heavy atom. The first-order chi connectivity index (χ1) is 9.72. The number of benzene rings is 1. The zero-order chi connectivity index (χ0) is 13.7. The molecular weight excluding hydrogens is 257 g/mol. The molecule has 0 unspecified atom stereocenters. The van der Waals surface area contributed by atoms with E-state index < -0.39 is 0 Å². The van der Waals surface area contributed by atoms with E-state index in [0.717, 1.165) is 24.0 Å². The van der Waals surface area contributed by atoms with Gasteiger partial charge < -0.3 is 10.3 Å². The van der Waals surface area contributed by atoms with Crippen molar-refractivity contribution in [3.63, 3.8) is 0 Å². The van der Waals surface area contributed by atoms with Crippen molar-refractivity contribution in [3.05, 3.63) is 46.6 Å². The van der Waals surface area contributed by atoms with Crippen molar-refractivity contribution in [1.82, 2.24) is 9.97 Å². The predicted octanol–water partition coefficient (Wildman–Crippen LogP) is 2.79. The summed E-state index contributed by atoms with van der Waals surface area (Å²) in [4.78, 5) is 19.2. The van der Waals surface area contributed by atoms with Gasteiger partial charge in [-0.05, 0) is 37.1 Å². The summed E-state index contributed by atoms with van der Waals surface area (Å²) >= 11 is 0. The molecule has 1 aliphatic rings. The minimum absolute atomic E-state index is 0.247. The summed E-state index contributed by atoms with van der Waals surface area (Å²) in [6.07, 6.45) is 3.80. The SMILES string of the molecule is O=c1[nH]ccc2nc(NC3CC3)c3ccc(F)cc3c12. The van der Waals surface area contributed by atoms with Crippen LogP contribution in [0.5, 0.6) is 0 Å². The van der Waals surface area contributed by atoms with Crippen LogP contribution in [0, 0.1) is 5.82 Å². The van der Waals surface area contributed by atoms with Gasteiger partial charge in [0.25, 0.3) is 5.56 Å². The predicted molar refractivity (Wildman–Crippen MR) is 76.5 cm³/mol. The van der Waals surface area contributed by atoms with Gasteiger partial charge in [0, 0.05) is 23.0 Å². The Morgan fingerprint density at radius 1 is 1.25 bits per heavy atom. The average molecular weight is 269 g/mol. The van der Waals surface area contributed by atoms with Crippen LogP contribution in [0.2, 0.25) is 0 Å². The summed E-state index contributed by atoms with van der Waals surface area (Å²) in [7, 11) is 0. The molecule has 4 rings (SSSR count). The van der Waals surface area contributed by atoms with Gasteiger partial charge in [-0.25, -0.2) is 9.37 Å². The lowest BCUT2D eigenvalue weighted by Crippen LogP contribution is -2.09. The number of fused-ring (bicyclic) bond motifs is 3. The normalized spacial score (nSPS) is 14.8. The molecule has 100 valence electrons. The van der Waals surface area contributed by atoms with E-state index in [1.54, 1.807) is 18.3 Å². The van der Waals surface area contributed by atoms with Gasteiger partial charge in [-0.2, -0.15) is 0 Å². The Hall–Kier alpha value is -2.43. The fourth-order valence-corrected chi connectivity index (χ4v) is 2.46. The zero-order valence-electron chi connectivity index (χ0n) is 10.6. The number of anilines is 1. The number of nitrogens with zero attached hydrogens (tertiary/aromatic N) is 1. The van der Waals surface area contributed by atoms with Crippen LogP contribution < -0.4 is 10.9 Å². The monoisotopic (exact) mass is 269 g/mol. The highest BCUT2D eigenvalue weighted by atomic mass is 19.1. The molecule has 0 radical (unpaired) electrons. The molecule has 0 spiro atoms. The molecule has 0 atom stereocenters. The van der Waals surface area contributed by atoms with Crippen molar-refractivity contribution in [1.29, 1.82) is 0 Å². The highest BCUT2D eigenvalue weighted by Crippen LogP contribution is 2.31. The van der Waals surface area contributed by atoms with E-state index in [9.17, 15) is 9.18 Å². The number of H-pyrrole nitrogens is 1. The van der Waals surface area contributed by atoms with E-state index in [4.69, 9.17) is 0 Å². The van der Waals surface area contributed by atoms with Crippen molar-refractivity contribution < 1.29 is 4.39 Å². The second-order valence-corrected chi connectivity index (χ2v) is 5.14. The first-order valence-electron chi connectivity index (χ1n) is 6.59. The maximum Gasteiger partial charge on any atom is 0.258 e. The lowest BCUT2D eigenvalue weighted by Gasteiger charge is -2.10. The molecule has 1 aliphatic carbocycles. The average Bonchev–Trinajstić information content (AvgIpc) is 3.22. The number of aromatic amines is 1. The molecular formula is C15H12FN3O. The summed E-state index contributed by atoms with van der Waals surface area (Å²) < 4.78 is 13.5. The second-order valence-electron chi connectivity index (χ2n) is 5.14. The van der Waals surface area contributed by atoms with Crippen LogP contribution >= 0.6 is 0 Å². The van der Waals surface area contributed by atoms with E-state index in [2.05, 4.69) is 15.3 Å². The van der Waals surface area contributed by atoms with Crippen LogP contribution in [0.1, 0.15) is 12.8 Å². The number of rotatable bonds is 2. The van der Waals surface area contributed by atoms with Gasteiger partial charge in [-0.1, -0.05) is 0 Å². The van der Waals surface area contributed by atoms with Crippen LogP contribution in [-0.2, 0) is 0 Å². The van der Waals surface area contributed by atoms with Crippen molar-refractivity contribution in [2.45, 2.75) is 18.9 Å². The maximum absolute atomic E-state index is 13.5. The molecule has 0 amide bonds. The Balaban J connectivity index is 2.14. The molecule has 2 heterocycles. The molecule has 0 saturated heterocycles. The fraction of sp³-hybridized carbons (Fsp3) is 0.200. The highest BCUT2D eigenvalue weighted by Gasteiger charge is 2.23. The van der Waals surface area contributed by atoms with Gasteiger partial charge in [0.15, 0.2) is 0 Å². The maximum atomic E-state index is 13.5. The standard InChI is InChI=1S/C15H12FN3O/c16-8-1-4-10-11(7-8)13-12(5-6-17-15(13)20)19-14(10)18-9-2-3-9/h1,4-7,9H,2-3H2,(H,17,20)(H,18,19). The molecule has 0 aliphatic heterocycles. The Morgan fingerprint density at radius 2 is 2.10 bits per heavy atom. The number of hydrogen-bond acceptors (Lipinski definition) is 3. The number of hydrogen-bond donors (Lipinski definition) is 2. The highest BCUT2D eigenvalue weighted by molar-refractivity contribution is 6.09. The van der Waals surface area contributed by atoms with Crippen molar-refractivity contribution in [2.75, 3.05) is 5.32 Å². The molecule has 3 aromatic rings. The lowest BCUT2D eigenvalue weighted by molar-refractivity contribution is 0.630. The van der Waals surface area contributed by atoms with Crippen LogP contribution in [0.25, 0.3) is 21.7 Å². The minimum atomic E-state index is -0.356. The van der Waals surface area contributed by atoms with Crippen LogP contribution in [0.4, 0.5) is 10.2 Å². The Labute approximate surface area is 113 Å². The Bertz CT molecular complexity index is 883. The summed E-state index contributed by atoms with van der Waals surface area (Å²) in [5, 5.41) is 5.16. The van der Waals surface area contributed by atoms with Crippen LogP contribution in [-0.4, -0.2) is 16.0 Å². The number of aromatic nitrogens is 2. The van der Waals surface area contributed by atoms with Crippen molar-refractivity contribution >= 4 is 27.5 Å². The largest absolute Gasteiger partial charge is 0.367 e. The number of halogens is 1. The summed E-state index contributed by atoms with van der Waals surface area (Å²) in [5.74, 6) is 0.367. The van der Waals surface area contributed by atoms with Gasteiger partial charge in [-0.15, -0.1) is 0 Å². The zero-order valence-corrected chi connectivity index (χ0v) is 10.6. The van der Waals surface area contributed by atoms with Crippen LogP contribution in [0.3, 0.4) is 0 Å². The lowest BCUT2D eigenvalue weighted by atomic mass is 10.1. The van der Waals surface area contributed by atoms with Crippen LogP contribution in [0.15, 0.2) is 35.3 Å². The summed E-state index contributed by atoms with van der Waals surface area (Å²) in [6.45, 7) is 0. The first-order valence-corrected chi connectivity index (χ1v) is 6.59. The molecule has 4 nitrogen and oxygen atoms in total. The minimum Gasteiger partial charge on any atom is -0.367 e. The van der Waals surface area contributed by atoms with E-state index in [1.165, 1.54) is 12.1 Å². The number of nitrogens with one attached hydrogen (secondary N) is 2. The van der Waals surface area contributed by atoms with Crippen molar-refractivity contribution in [3.8, 4) is 0 Å². The topological polar surface area (TPSA) is 57.8 Å². The quantitative estimate of drug-likeness (QED) is 0.703. The van der Waals surface area contributed by atoms with Gasteiger partial charge in [0.05, 0.1) is 10.9 Å². The van der Waals surface area contributed by atoms with E-state index >= 15 is 0 Å². The molecule has 0 bridgehead atoms. The van der Waals surface area contributed by atoms with Gasteiger partial charge in [-0.3, -0.25) is 4.79 Å². The molecule has 1 saturated carbocycles. The molecule has 1 fully saturated rings. The third kappa shape index (κ3) is 1.74. The molecule has 20 heavy (non-hydrogen) atoms. The molecule has 2 aromatic heterocycles. The molecule has 1 aromatic carbocycles. The Kier molecular flexibility index (Phi) is 2.30. The fourth-order valence-electron chi connectivity index (χ4n) is 2.46. The van der Waals surface area contributed by atoms with E-state index in [-0.39, 0.29) is 11.4 Å². The van der Waals surface area contributed by atoms with Gasteiger partial charge >= 0.3 is 0 Å². The van der Waals surface area contributed by atoms with E-state index in [1.807, 2.05) is 0 Å². The smallest absolute Gasteiger partial charge is 0.258 e. The number of pyridine rings is 2. The third-order valence-electron chi connectivity index (χ3n) is 3.60. The van der Waals surface area contributed by atoms with Gasteiger partial charge in [0.2, 0.25) is 0 Å². The first kappa shape index (κ1) is 11.4.